The molecular weight excluding hydrogens is 230 g/mol. The Labute approximate surface area is 108 Å². The first-order valence-electron chi connectivity index (χ1n) is 6.07. The summed E-state index contributed by atoms with van der Waals surface area (Å²) in [5.74, 6) is 6.91. The highest BCUT2D eigenvalue weighted by molar-refractivity contribution is 5.51. The van der Waals surface area contributed by atoms with Crippen LogP contribution in [0.4, 0.5) is 17.6 Å². The minimum absolute atomic E-state index is 0.228. The zero-order chi connectivity index (χ0) is 13.5. The standard InChI is InChI=1S/C11H23N7/c1-4-18(7-5-6-17(2)3)10-8-9(16-13)14-11(12)15-10/h8H,4-7,13H2,1-3H3,(H3,12,14,15,16). The summed E-state index contributed by atoms with van der Waals surface area (Å²) >= 11 is 0. The van der Waals surface area contributed by atoms with Crippen LogP contribution in [0.15, 0.2) is 6.07 Å². The maximum atomic E-state index is 5.65. The lowest BCUT2D eigenvalue weighted by molar-refractivity contribution is 0.400. The molecule has 1 aromatic rings. The van der Waals surface area contributed by atoms with Crippen LogP contribution in [0.25, 0.3) is 0 Å². The summed E-state index contributed by atoms with van der Waals surface area (Å²) in [7, 11) is 4.13. The molecule has 1 heterocycles. The summed E-state index contributed by atoms with van der Waals surface area (Å²) in [4.78, 5) is 12.5. The van der Waals surface area contributed by atoms with E-state index in [-0.39, 0.29) is 5.95 Å². The molecule has 0 saturated carbocycles. The molecule has 0 bridgehead atoms. The van der Waals surface area contributed by atoms with E-state index < -0.39 is 0 Å². The first-order valence-corrected chi connectivity index (χ1v) is 6.07. The molecule has 0 radical (unpaired) electrons. The number of nitrogen functional groups attached to an aromatic ring is 2. The summed E-state index contributed by atoms with van der Waals surface area (Å²) < 4.78 is 0. The monoisotopic (exact) mass is 253 g/mol. The third-order valence-corrected chi connectivity index (χ3v) is 2.62. The van der Waals surface area contributed by atoms with Crippen molar-refractivity contribution in [1.29, 1.82) is 0 Å². The van der Waals surface area contributed by atoms with Crippen molar-refractivity contribution < 1.29 is 0 Å². The first kappa shape index (κ1) is 14.5. The van der Waals surface area contributed by atoms with Gasteiger partial charge in [-0.3, -0.25) is 0 Å². The molecule has 0 fully saturated rings. The van der Waals surface area contributed by atoms with E-state index in [1.807, 2.05) is 0 Å². The second-order valence-electron chi connectivity index (χ2n) is 4.35. The third-order valence-electron chi connectivity index (χ3n) is 2.62. The highest BCUT2D eigenvalue weighted by Crippen LogP contribution is 2.16. The molecule has 0 spiro atoms. The molecular formula is C11H23N7. The molecule has 18 heavy (non-hydrogen) atoms. The van der Waals surface area contributed by atoms with Gasteiger partial charge in [-0.15, -0.1) is 0 Å². The van der Waals surface area contributed by atoms with Gasteiger partial charge in [-0.05, 0) is 34.0 Å². The Morgan fingerprint density at radius 1 is 1.28 bits per heavy atom. The van der Waals surface area contributed by atoms with Gasteiger partial charge < -0.3 is 21.0 Å². The number of nitrogens with zero attached hydrogens (tertiary/aromatic N) is 4. The number of nitrogens with two attached hydrogens (primary N) is 2. The number of anilines is 3. The van der Waals surface area contributed by atoms with E-state index >= 15 is 0 Å². The maximum Gasteiger partial charge on any atom is 0.223 e. The van der Waals surface area contributed by atoms with Crippen LogP contribution in [0.1, 0.15) is 13.3 Å². The predicted octanol–water partition coefficient (Wildman–Crippen LogP) is 0.122. The SMILES string of the molecule is CCN(CCCN(C)C)c1cc(NN)nc(N)n1. The van der Waals surface area contributed by atoms with Crippen molar-refractivity contribution >= 4 is 17.6 Å². The first-order chi connectivity index (χ1) is 8.56. The van der Waals surface area contributed by atoms with Crippen LogP contribution in [0.3, 0.4) is 0 Å². The molecule has 0 aromatic carbocycles. The maximum absolute atomic E-state index is 5.65. The van der Waals surface area contributed by atoms with Crippen LogP contribution in [0, 0.1) is 0 Å². The van der Waals surface area contributed by atoms with Crippen molar-refractivity contribution in [3.8, 4) is 0 Å². The normalized spacial score (nSPS) is 10.7. The van der Waals surface area contributed by atoms with Gasteiger partial charge in [0.1, 0.15) is 11.6 Å². The van der Waals surface area contributed by atoms with E-state index in [2.05, 4.69) is 46.2 Å². The van der Waals surface area contributed by atoms with Crippen molar-refractivity contribution in [2.24, 2.45) is 5.84 Å². The molecule has 102 valence electrons. The lowest BCUT2D eigenvalue weighted by Crippen LogP contribution is -2.28. The molecule has 0 aliphatic rings. The van der Waals surface area contributed by atoms with Crippen LogP contribution in [-0.2, 0) is 0 Å². The minimum atomic E-state index is 0.228. The fraction of sp³-hybridized carbons (Fsp3) is 0.636. The molecule has 1 rings (SSSR count). The molecule has 0 aliphatic heterocycles. The number of hydrogen-bond donors (Lipinski definition) is 3. The van der Waals surface area contributed by atoms with E-state index in [1.54, 1.807) is 6.07 Å². The highest BCUT2D eigenvalue weighted by Gasteiger charge is 2.08. The van der Waals surface area contributed by atoms with Gasteiger partial charge in [0.15, 0.2) is 0 Å². The Bertz CT molecular complexity index is 366. The summed E-state index contributed by atoms with van der Waals surface area (Å²) in [5.41, 5.74) is 8.15. The number of rotatable bonds is 7. The second-order valence-corrected chi connectivity index (χ2v) is 4.35. The Kier molecular flexibility index (Phi) is 5.60. The molecule has 5 N–H and O–H groups in total. The molecule has 0 unspecified atom stereocenters. The summed E-state index contributed by atoms with van der Waals surface area (Å²) in [5, 5.41) is 0. The predicted molar refractivity (Wildman–Crippen MR) is 75.3 cm³/mol. The summed E-state index contributed by atoms with van der Waals surface area (Å²) in [6.07, 6.45) is 1.07. The lowest BCUT2D eigenvalue weighted by Gasteiger charge is -2.23. The van der Waals surface area contributed by atoms with Crippen LogP contribution >= 0.6 is 0 Å². The van der Waals surface area contributed by atoms with E-state index in [1.165, 1.54) is 0 Å². The Balaban J connectivity index is 2.71. The van der Waals surface area contributed by atoms with E-state index in [0.717, 1.165) is 31.9 Å². The molecule has 0 amide bonds. The van der Waals surface area contributed by atoms with Crippen molar-refractivity contribution in [2.75, 3.05) is 49.8 Å². The van der Waals surface area contributed by atoms with Crippen molar-refractivity contribution in [2.45, 2.75) is 13.3 Å². The summed E-state index contributed by atoms with van der Waals surface area (Å²) in [6.45, 7) is 4.92. The largest absolute Gasteiger partial charge is 0.368 e. The molecule has 0 saturated heterocycles. The van der Waals surface area contributed by atoms with Crippen LogP contribution < -0.4 is 21.9 Å². The van der Waals surface area contributed by atoms with Gasteiger partial charge >= 0.3 is 0 Å². The molecule has 7 nitrogen and oxygen atoms in total. The average Bonchev–Trinajstić information content (AvgIpc) is 2.33. The van der Waals surface area contributed by atoms with Crippen LogP contribution in [0.5, 0.6) is 0 Å². The zero-order valence-electron chi connectivity index (χ0n) is 11.3. The number of hydrazine groups is 1. The Morgan fingerprint density at radius 2 is 2.00 bits per heavy atom. The van der Waals surface area contributed by atoms with Gasteiger partial charge in [-0.25, -0.2) is 5.84 Å². The lowest BCUT2D eigenvalue weighted by atomic mass is 10.3. The molecule has 1 aromatic heterocycles. The van der Waals surface area contributed by atoms with Crippen molar-refractivity contribution in [3.63, 3.8) is 0 Å². The van der Waals surface area contributed by atoms with Gasteiger partial charge in [0.2, 0.25) is 5.95 Å². The fourth-order valence-electron chi connectivity index (χ4n) is 1.70. The zero-order valence-corrected chi connectivity index (χ0v) is 11.3. The molecule has 0 aliphatic carbocycles. The highest BCUT2D eigenvalue weighted by atomic mass is 15.3. The van der Waals surface area contributed by atoms with Gasteiger partial charge in [0.05, 0.1) is 0 Å². The van der Waals surface area contributed by atoms with Crippen molar-refractivity contribution in [3.05, 3.63) is 6.07 Å². The topological polar surface area (TPSA) is 96.3 Å². The van der Waals surface area contributed by atoms with Gasteiger partial charge in [-0.2, -0.15) is 9.97 Å². The number of nitrogens with one attached hydrogen (secondary N) is 1. The number of aromatic nitrogens is 2. The molecule has 0 atom stereocenters. The van der Waals surface area contributed by atoms with Gasteiger partial charge in [-0.1, -0.05) is 0 Å². The average molecular weight is 253 g/mol. The van der Waals surface area contributed by atoms with Crippen LogP contribution in [-0.4, -0.2) is 48.6 Å². The third kappa shape index (κ3) is 4.34. The van der Waals surface area contributed by atoms with Crippen LogP contribution in [0.2, 0.25) is 0 Å². The Hall–Kier alpha value is -1.60. The smallest absolute Gasteiger partial charge is 0.223 e. The van der Waals surface area contributed by atoms with Gasteiger partial charge in [0, 0.05) is 19.2 Å². The molecule has 7 heteroatoms. The van der Waals surface area contributed by atoms with E-state index in [4.69, 9.17) is 11.6 Å². The van der Waals surface area contributed by atoms with E-state index in [0.29, 0.717) is 5.82 Å². The van der Waals surface area contributed by atoms with Crippen molar-refractivity contribution in [1.82, 2.24) is 14.9 Å². The van der Waals surface area contributed by atoms with Gasteiger partial charge in [0.25, 0.3) is 0 Å². The number of hydrogen-bond acceptors (Lipinski definition) is 7. The Morgan fingerprint density at radius 3 is 2.56 bits per heavy atom. The minimum Gasteiger partial charge on any atom is -0.368 e. The fourth-order valence-corrected chi connectivity index (χ4v) is 1.70. The summed E-state index contributed by atoms with van der Waals surface area (Å²) in [6, 6.07) is 1.80. The van der Waals surface area contributed by atoms with E-state index in [9.17, 15) is 0 Å². The second kappa shape index (κ2) is 6.97. The quantitative estimate of drug-likeness (QED) is 0.469.